The van der Waals surface area contributed by atoms with Gasteiger partial charge in [0.25, 0.3) is 0 Å². The molecule has 2 fully saturated rings. The number of hydrogen-bond donors (Lipinski definition) is 2. The fraction of sp³-hybridized carbons (Fsp3) is 0.379. The third-order valence-corrected chi connectivity index (χ3v) is 10.0. The van der Waals surface area contributed by atoms with Gasteiger partial charge >= 0.3 is 0 Å². The number of aromatic nitrogens is 4. The number of aliphatic imine (C=N–C) groups is 1. The Labute approximate surface area is 249 Å². The van der Waals surface area contributed by atoms with Gasteiger partial charge in [-0.2, -0.15) is 0 Å². The van der Waals surface area contributed by atoms with Crippen LogP contribution in [-0.4, -0.2) is 53.7 Å². The van der Waals surface area contributed by atoms with Gasteiger partial charge in [0.1, 0.15) is 28.6 Å². The van der Waals surface area contributed by atoms with Crippen molar-refractivity contribution < 1.29 is 22.7 Å². The van der Waals surface area contributed by atoms with Crippen LogP contribution >= 0.6 is 11.8 Å². The standard InChI is InChI=1S/C29H28F2N8O3S/c1-15-24-28(2,38-27(32)43-29(15,24)26(40)39-6-3-4-7-39)18-9-16(10-19(30)22(18)31)37-25-23-20(35-14-36-25)11-17(12-34-23)42-13-21-33-5-8-41-21/h5,8-12,14-15,24H,3-4,6-7,13H2,1-2H3,(H2,32,38)(H,35,36,37)/t15-,24-,28+,29-/m0/s1. The number of anilines is 2. The minimum atomic E-state index is -1.27. The van der Waals surface area contributed by atoms with Gasteiger partial charge in [-0.1, -0.05) is 18.7 Å². The van der Waals surface area contributed by atoms with E-state index in [1.165, 1.54) is 42.8 Å². The molecule has 1 saturated carbocycles. The van der Waals surface area contributed by atoms with Crippen molar-refractivity contribution in [1.82, 2.24) is 24.8 Å². The Hall–Kier alpha value is -4.33. The van der Waals surface area contributed by atoms with Crippen LogP contribution in [0, 0.1) is 23.5 Å². The van der Waals surface area contributed by atoms with Crippen molar-refractivity contribution in [3.63, 3.8) is 0 Å². The van der Waals surface area contributed by atoms with Gasteiger partial charge in [0, 0.05) is 42.4 Å². The van der Waals surface area contributed by atoms with E-state index in [2.05, 4.69) is 30.2 Å². The first-order chi connectivity index (χ1) is 20.7. The van der Waals surface area contributed by atoms with Crippen LogP contribution in [0.25, 0.3) is 11.0 Å². The zero-order valence-electron chi connectivity index (χ0n) is 23.4. The highest BCUT2D eigenvalue weighted by atomic mass is 32.2. The van der Waals surface area contributed by atoms with Crippen molar-refractivity contribution in [3.05, 3.63) is 66.3 Å². The number of carbonyl (C=O) groups excluding carboxylic acids is 1. The lowest BCUT2D eigenvalue weighted by Crippen LogP contribution is -2.45. The van der Waals surface area contributed by atoms with Crippen LogP contribution in [0.5, 0.6) is 5.75 Å². The third kappa shape index (κ3) is 4.46. The molecule has 3 aromatic heterocycles. The monoisotopic (exact) mass is 606 g/mol. The van der Waals surface area contributed by atoms with E-state index in [0.717, 1.165) is 18.9 Å². The molecule has 1 saturated heterocycles. The summed E-state index contributed by atoms with van der Waals surface area (Å²) in [6.45, 7) is 5.17. The number of nitrogens with zero attached hydrogens (tertiary/aromatic N) is 6. The molecule has 222 valence electrons. The highest BCUT2D eigenvalue weighted by Crippen LogP contribution is 2.70. The summed E-state index contributed by atoms with van der Waals surface area (Å²) in [6, 6.07) is 4.23. The SMILES string of the molecule is C[C@H]1[C@@H]2[C@@]1(C(=O)N1CCCC1)SC(N)=N[C@]2(C)c1cc(Nc2ncnc3cc(OCc4ncco4)cnc23)cc(F)c1F. The molecule has 0 spiro atoms. The van der Waals surface area contributed by atoms with E-state index < -0.39 is 21.9 Å². The minimum Gasteiger partial charge on any atom is -0.482 e. The number of hydrogen-bond acceptors (Lipinski definition) is 11. The number of pyridine rings is 1. The first-order valence-electron chi connectivity index (χ1n) is 13.9. The van der Waals surface area contributed by atoms with Crippen molar-refractivity contribution in [2.45, 2.75) is 43.6 Å². The lowest BCUT2D eigenvalue weighted by atomic mass is 9.84. The molecule has 5 heterocycles. The van der Waals surface area contributed by atoms with Crippen molar-refractivity contribution in [2.24, 2.45) is 22.6 Å². The second-order valence-corrected chi connectivity index (χ2v) is 12.5. The summed E-state index contributed by atoms with van der Waals surface area (Å²) in [6.07, 6.45) is 7.71. The summed E-state index contributed by atoms with van der Waals surface area (Å²) >= 11 is 1.25. The Morgan fingerprint density at radius 3 is 2.79 bits per heavy atom. The average Bonchev–Trinajstić information content (AvgIpc) is 3.43. The van der Waals surface area contributed by atoms with Crippen molar-refractivity contribution >= 4 is 45.4 Å². The van der Waals surface area contributed by atoms with E-state index >= 15 is 8.78 Å². The smallest absolute Gasteiger partial charge is 0.239 e. The lowest BCUT2D eigenvalue weighted by Gasteiger charge is -2.35. The quantitative estimate of drug-likeness (QED) is 0.308. The van der Waals surface area contributed by atoms with Crippen LogP contribution in [-0.2, 0) is 16.9 Å². The topological polar surface area (TPSA) is 145 Å². The molecule has 2 aliphatic heterocycles. The summed E-state index contributed by atoms with van der Waals surface area (Å²) in [4.78, 5) is 37.2. The number of halogens is 2. The zero-order chi connectivity index (χ0) is 29.9. The molecule has 14 heteroatoms. The van der Waals surface area contributed by atoms with Gasteiger partial charge in [-0.25, -0.2) is 28.7 Å². The van der Waals surface area contributed by atoms with E-state index in [0.29, 0.717) is 35.8 Å². The largest absolute Gasteiger partial charge is 0.482 e. The predicted molar refractivity (Wildman–Crippen MR) is 156 cm³/mol. The number of oxazole rings is 1. The summed E-state index contributed by atoms with van der Waals surface area (Å²) in [5, 5.41) is 3.25. The lowest BCUT2D eigenvalue weighted by molar-refractivity contribution is -0.131. The van der Waals surface area contributed by atoms with Crippen LogP contribution in [0.15, 0.2) is 52.6 Å². The Morgan fingerprint density at radius 2 is 2.02 bits per heavy atom. The van der Waals surface area contributed by atoms with Gasteiger partial charge in [0.2, 0.25) is 11.8 Å². The number of benzene rings is 1. The molecule has 7 rings (SSSR count). The first-order valence-corrected chi connectivity index (χ1v) is 14.7. The molecule has 0 bridgehead atoms. The second kappa shape index (κ2) is 10.1. The van der Waals surface area contributed by atoms with Gasteiger partial charge in [-0.3, -0.25) is 9.79 Å². The molecule has 4 aromatic rings. The van der Waals surface area contributed by atoms with Crippen molar-refractivity contribution in [3.8, 4) is 5.75 Å². The fourth-order valence-electron chi connectivity index (χ4n) is 6.58. The fourth-order valence-corrected chi connectivity index (χ4v) is 8.20. The molecule has 3 aliphatic rings. The van der Waals surface area contributed by atoms with Crippen LogP contribution in [0.4, 0.5) is 20.3 Å². The number of ether oxygens (including phenoxy) is 1. The molecular formula is C29H28F2N8O3S. The Bertz CT molecular complexity index is 1770. The Kier molecular flexibility index (Phi) is 6.49. The maximum atomic E-state index is 15.6. The Balaban J connectivity index is 1.20. The van der Waals surface area contributed by atoms with Gasteiger partial charge in [-0.15, -0.1) is 0 Å². The number of amidine groups is 1. The zero-order valence-corrected chi connectivity index (χ0v) is 24.2. The molecule has 3 N–H and O–H groups in total. The number of amides is 1. The number of nitrogens with two attached hydrogens (primary N) is 1. The van der Waals surface area contributed by atoms with Gasteiger partial charge in [0.05, 0.1) is 23.4 Å². The molecule has 0 unspecified atom stereocenters. The molecule has 4 atom stereocenters. The van der Waals surface area contributed by atoms with Crippen LogP contribution < -0.4 is 15.8 Å². The predicted octanol–water partition coefficient (Wildman–Crippen LogP) is 4.52. The highest BCUT2D eigenvalue weighted by Gasteiger charge is 2.76. The first kappa shape index (κ1) is 27.5. The van der Waals surface area contributed by atoms with Crippen molar-refractivity contribution in [1.29, 1.82) is 0 Å². The van der Waals surface area contributed by atoms with Crippen molar-refractivity contribution in [2.75, 3.05) is 18.4 Å². The summed E-state index contributed by atoms with van der Waals surface area (Å²) in [5.41, 5.74) is 6.13. The Morgan fingerprint density at radius 1 is 1.21 bits per heavy atom. The number of fused-ring (bicyclic) bond motifs is 2. The number of thioether (sulfide) groups is 1. The normalized spacial score (nSPS) is 26.2. The van der Waals surface area contributed by atoms with Gasteiger partial charge in [-0.05, 0) is 31.7 Å². The molecular weight excluding hydrogens is 578 g/mol. The van der Waals surface area contributed by atoms with E-state index in [1.807, 2.05) is 11.8 Å². The average molecular weight is 607 g/mol. The third-order valence-electron chi connectivity index (χ3n) is 8.61. The number of likely N-dealkylation sites (tertiary alicyclic amines) is 1. The van der Waals surface area contributed by atoms with Crippen LogP contribution in [0.2, 0.25) is 0 Å². The van der Waals surface area contributed by atoms with Crippen LogP contribution in [0.1, 0.15) is 38.1 Å². The molecule has 1 aromatic carbocycles. The van der Waals surface area contributed by atoms with E-state index in [9.17, 15) is 4.79 Å². The number of rotatable bonds is 7. The van der Waals surface area contributed by atoms with Gasteiger partial charge in [0.15, 0.2) is 29.2 Å². The number of nitrogens with one attached hydrogen (secondary N) is 1. The molecule has 0 radical (unpaired) electrons. The summed E-state index contributed by atoms with van der Waals surface area (Å²) < 4.78 is 40.8. The van der Waals surface area contributed by atoms with E-state index in [4.69, 9.17) is 14.9 Å². The summed E-state index contributed by atoms with van der Waals surface area (Å²) in [7, 11) is 0. The molecule has 1 amide bonds. The maximum Gasteiger partial charge on any atom is 0.239 e. The minimum absolute atomic E-state index is 0.00552. The van der Waals surface area contributed by atoms with Crippen LogP contribution in [0.3, 0.4) is 0 Å². The second-order valence-electron chi connectivity index (χ2n) is 11.2. The van der Waals surface area contributed by atoms with E-state index in [1.54, 1.807) is 13.0 Å². The van der Waals surface area contributed by atoms with E-state index in [-0.39, 0.29) is 46.6 Å². The summed E-state index contributed by atoms with van der Waals surface area (Å²) in [5.74, 6) is -1.48. The molecule has 11 nitrogen and oxygen atoms in total. The highest BCUT2D eigenvalue weighted by molar-refractivity contribution is 8.15. The molecule has 43 heavy (non-hydrogen) atoms. The van der Waals surface area contributed by atoms with Gasteiger partial charge < -0.3 is 25.1 Å². The number of carbonyl (C=O) groups is 1. The maximum absolute atomic E-state index is 15.6. The molecule has 1 aliphatic carbocycles.